The SMILES string of the molecule is C[C@H](NC(=O)NC[C@H](c1ccccc1)C(F)(F)F)c1cnn(C)c1. The third kappa shape index (κ3) is 4.74. The van der Waals surface area contributed by atoms with Gasteiger partial charge in [0.05, 0.1) is 18.2 Å². The number of rotatable bonds is 5. The van der Waals surface area contributed by atoms with Gasteiger partial charge in [-0.2, -0.15) is 18.3 Å². The van der Waals surface area contributed by atoms with E-state index in [1.807, 2.05) is 0 Å². The summed E-state index contributed by atoms with van der Waals surface area (Å²) < 4.78 is 41.2. The van der Waals surface area contributed by atoms with Crippen molar-refractivity contribution in [1.29, 1.82) is 0 Å². The van der Waals surface area contributed by atoms with Crippen LogP contribution in [0.2, 0.25) is 0 Å². The molecule has 0 aliphatic heterocycles. The highest BCUT2D eigenvalue weighted by atomic mass is 19.4. The van der Waals surface area contributed by atoms with Crippen molar-refractivity contribution in [2.45, 2.75) is 25.1 Å². The molecule has 0 aliphatic rings. The Morgan fingerprint density at radius 2 is 1.92 bits per heavy atom. The van der Waals surface area contributed by atoms with Crippen molar-refractivity contribution in [3.63, 3.8) is 0 Å². The second kappa shape index (κ2) is 7.37. The highest BCUT2D eigenvalue weighted by Gasteiger charge is 2.40. The zero-order valence-electron chi connectivity index (χ0n) is 13.3. The second-order valence-corrected chi connectivity index (χ2v) is 5.53. The molecule has 5 nitrogen and oxygen atoms in total. The van der Waals surface area contributed by atoms with Gasteiger partial charge in [0.25, 0.3) is 0 Å². The van der Waals surface area contributed by atoms with Crippen LogP contribution in [-0.4, -0.2) is 28.5 Å². The first-order chi connectivity index (χ1) is 11.3. The van der Waals surface area contributed by atoms with Gasteiger partial charge in [-0.25, -0.2) is 4.79 Å². The smallest absolute Gasteiger partial charge is 0.337 e. The summed E-state index contributed by atoms with van der Waals surface area (Å²) in [6.07, 6.45) is -1.12. The minimum atomic E-state index is -4.44. The average molecular weight is 340 g/mol. The largest absolute Gasteiger partial charge is 0.397 e. The van der Waals surface area contributed by atoms with E-state index in [0.717, 1.165) is 5.56 Å². The topological polar surface area (TPSA) is 59.0 Å². The molecule has 130 valence electrons. The Kier molecular flexibility index (Phi) is 5.48. The van der Waals surface area contributed by atoms with E-state index in [9.17, 15) is 18.0 Å². The first-order valence-electron chi connectivity index (χ1n) is 7.42. The van der Waals surface area contributed by atoms with Gasteiger partial charge in [-0.3, -0.25) is 4.68 Å². The van der Waals surface area contributed by atoms with E-state index in [4.69, 9.17) is 0 Å². The molecule has 0 aliphatic carbocycles. The number of carbonyl (C=O) groups is 1. The molecule has 0 bridgehead atoms. The van der Waals surface area contributed by atoms with Crippen molar-refractivity contribution < 1.29 is 18.0 Å². The molecule has 2 aromatic rings. The number of halogens is 3. The van der Waals surface area contributed by atoms with Crippen LogP contribution < -0.4 is 10.6 Å². The number of nitrogens with one attached hydrogen (secondary N) is 2. The Labute approximate surface area is 137 Å². The maximum atomic E-state index is 13.2. The van der Waals surface area contributed by atoms with Gasteiger partial charge in [-0.15, -0.1) is 0 Å². The standard InChI is InChI=1S/C16H19F3N4O/c1-11(13-8-21-23(2)10-13)22-15(24)20-9-14(16(17,18)19)12-6-4-3-5-7-12/h3-8,10-11,14H,9H2,1-2H3,(H2,20,22,24)/t11-,14+/m0/s1. The molecule has 1 aromatic carbocycles. The van der Waals surface area contributed by atoms with Crippen LogP contribution in [0.5, 0.6) is 0 Å². The molecule has 1 heterocycles. The lowest BCUT2D eigenvalue weighted by Crippen LogP contribution is -2.41. The van der Waals surface area contributed by atoms with E-state index in [0.29, 0.717) is 0 Å². The van der Waals surface area contributed by atoms with Gasteiger partial charge in [0, 0.05) is 25.4 Å². The van der Waals surface area contributed by atoms with Gasteiger partial charge in [-0.1, -0.05) is 30.3 Å². The first kappa shape index (κ1) is 17.8. The summed E-state index contributed by atoms with van der Waals surface area (Å²) in [4.78, 5) is 11.9. The number of hydrogen-bond donors (Lipinski definition) is 2. The molecule has 1 aromatic heterocycles. The number of aromatic nitrogens is 2. The van der Waals surface area contributed by atoms with Crippen LogP contribution in [0.25, 0.3) is 0 Å². The van der Waals surface area contributed by atoms with Crippen molar-refractivity contribution in [3.05, 3.63) is 53.9 Å². The zero-order valence-corrected chi connectivity index (χ0v) is 13.3. The highest BCUT2D eigenvalue weighted by molar-refractivity contribution is 5.74. The summed E-state index contributed by atoms with van der Waals surface area (Å²) in [6, 6.07) is 6.51. The molecule has 2 rings (SSSR count). The third-order valence-corrected chi connectivity index (χ3v) is 3.64. The Balaban J connectivity index is 1.95. The molecule has 2 atom stereocenters. The fourth-order valence-corrected chi connectivity index (χ4v) is 2.30. The van der Waals surface area contributed by atoms with Crippen molar-refractivity contribution in [1.82, 2.24) is 20.4 Å². The quantitative estimate of drug-likeness (QED) is 0.879. The van der Waals surface area contributed by atoms with Gasteiger partial charge in [0.2, 0.25) is 0 Å². The Morgan fingerprint density at radius 3 is 2.46 bits per heavy atom. The van der Waals surface area contributed by atoms with Crippen molar-refractivity contribution in [2.24, 2.45) is 7.05 Å². The van der Waals surface area contributed by atoms with Crippen LogP contribution in [0.15, 0.2) is 42.7 Å². The summed E-state index contributed by atoms with van der Waals surface area (Å²) >= 11 is 0. The van der Waals surface area contributed by atoms with E-state index >= 15 is 0 Å². The van der Waals surface area contributed by atoms with Crippen LogP contribution in [-0.2, 0) is 7.05 Å². The zero-order chi connectivity index (χ0) is 17.7. The summed E-state index contributed by atoms with van der Waals surface area (Å²) in [6.45, 7) is 1.20. The lowest BCUT2D eigenvalue weighted by Gasteiger charge is -2.22. The van der Waals surface area contributed by atoms with Gasteiger partial charge in [-0.05, 0) is 12.5 Å². The fourth-order valence-electron chi connectivity index (χ4n) is 2.30. The number of amides is 2. The predicted octanol–water partition coefficient (Wildman–Crippen LogP) is 3.13. The van der Waals surface area contributed by atoms with Gasteiger partial charge in [0.1, 0.15) is 0 Å². The van der Waals surface area contributed by atoms with E-state index < -0.39 is 24.7 Å². The molecule has 0 saturated heterocycles. The maximum absolute atomic E-state index is 13.2. The molecule has 24 heavy (non-hydrogen) atoms. The molecule has 2 N–H and O–H groups in total. The normalized spacial score (nSPS) is 14.0. The van der Waals surface area contributed by atoms with E-state index in [-0.39, 0.29) is 11.6 Å². The number of benzene rings is 1. The Hall–Kier alpha value is -2.51. The van der Waals surface area contributed by atoms with E-state index in [1.165, 1.54) is 12.1 Å². The average Bonchev–Trinajstić information content (AvgIpc) is 2.94. The number of aryl methyl sites for hydroxylation is 1. The van der Waals surface area contributed by atoms with E-state index in [1.54, 1.807) is 49.2 Å². The van der Waals surface area contributed by atoms with Crippen molar-refractivity contribution in [3.8, 4) is 0 Å². The molecule has 0 saturated carbocycles. The van der Waals surface area contributed by atoms with E-state index in [2.05, 4.69) is 15.7 Å². The number of nitrogens with zero attached hydrogens (tertiary/aromatic N) is 2. The lowest BCUT2D eigenvalue weighted by molar-refractivity contribution is -0.149. The van der Waals surface area contributed by atoms with Crippen LogP contribution >= 0.6 is 0 Å². The number of urea groups is 1. The number of carbonyl (C=O) groups excluding carboxylic acids is 1. The van der Waals surface area contributed by atoms with Crippen LogP contribution in [0.4, 0.5) is 18.0 Å². The summed E-state index contributed by atoms with van der Waals surface area (Å²) in [5, 5.41) is 8.88. The maximum Gasteiger partial charge on any atom is 0.397 e. The molecule has 0 unspecified atom stereocenters. The molecular formula is C16H19F3N4O. The molecule has 0 fully saturated rings. The van der Waals surface area contributed by atoms with Gasteiger partial charge < -0.3 is 10.6 Å². The number of hydrogen-bond acceptors (Lipinski definition) is 2. The second-order valence-electron chi connectivity index (χ2n) is 5.53. The first-order valence-corrected chi connectivity index (χ1v) is 7.42. The monoisotopic (exact) mass is 340 g/mol. The number of alkyl halides is 3. The third-order valence-electron chi connectivity index (χ3n) is 3.64. The molecular weight excluding hydrogens is 321 g/mol. The minimum Gasteiger partial charge on any atom is -0.337 e. The minimum absolute atomic E-state index is 0.116. The van der Waals surface area contributed by atoms with Crippen LogP contribution in [0.1, 0.15) is 30.0 Å². The van der Waals surface area contributed by atoms with Crippen LogP contribution in [0, 0.1) is 0 Å². The molecule has 2 amide bonds. The van der Waals surface area contributed by atoms with Crippen LogP contribution in [0.3, 0.4) is 0 Å². The molecule has 8 heteroatoms. The Morgan fingerprint density at radius 1 is 1.25 bits per heavy atom. The van der Waals surface area contributed by atoms with Gasteiger partial charge in [0.15, 0.2) is 0 Å². The predicted molar refractivity (Wildman–Crippen MR) is 83.4 cm³/mol. The van der Waals surface area contributed by atoms with Crippen molar-refractivity contribution in [2.75, 3.05) is 6.54 Å². The highest BCUT2D eigenvalue weighted by Crippen LogP contribution is 2.34. The lowest BCUT2D eigenvalue weighted by atomic mass is 9.98. The fraction of sp³-hybridized carbons (Fsp3) is 0.375. The Bertz CT molecular complexity index is 669. The summed E-state index contributed by atoms with van der Waals surface area (Å²) in [5.41, 5.74) is 0.883. The molecule has 0 radical (unpaired) electrons. The molecule has 0 spiro atoms. The van der Waals surface area contributed by atoms with Gasteiger partial charge >= 0.3 is 12.2 Å². The summed E-state index contributed by atoms with van der Waals surface area (Å²) in [7, 11) is 1.74. The van der Waals surface area contributed by atoms with Crippen molar-refractivity contribution >= 4 is 6.03 Å². The summed E-state index contributed by atoms with van der Waals surface area (Å²) in [5.74, 6) is -1.75.